The molecule has 1 fully saturated rings. The average Bonchev–Trinajstić information content (AvgIpc) is 2.97. The number of nitrogens with zero attached hydrogens (tertiary/aromatic N) is 4. The van der Waals surface area contributed by atoms with E-state index in [1.54, 1.807) is 6.20 Å². The predicted molar refractivity (Wildman–Crippen MR) is 80.6 cm³/mol. The van der Waals surface area contributed by atoms with Gasteiger partial charge in [0.1, 0.15) is 11.9 Å². The summed E-state index contributed by atoms with van der Waals surface area (Å²) in [5.74, 6) is 0.919. The number of aryl methyl sites for hydroxylation is 1. The normalized spacial score (nSPS) is 14.0. The van der Waals surface area contributed by atoms with Gasteiger partial charge < -0.3 is 9.62 Å². The molecule has 0 N–H and O–H groups in total. The molecule has 97 valence electrons. The highest BCUT2D eigenvalue weighted by Crippen LogP contribution is 2.23. The van der Waals surface area contributed by atoms with Crippen LogP contribution in [0, 0.1) is 18.3 Å². The van der Waals surface area contributed by atoms with E-state index in [1.165, 1.54) is 5.69 Å². The molecule has 5 heteroatoms. The third-order valence-corrected chi connectivity index (χ3v) is 3.40. The quantitative estimate of drug-likeness (QED) is 0.776. The minimum Gasteiger partial charge on any atom is -0.397 e. The first-order chi connectivity index (χ1) is 9.78. The SMILES string of the molecule is Cc1cc(C#N)cnc1N1[B]N(c2ccccc2)CC1. The zero-order valence-electron chi connectivity index (χ0n) is 11.3. The molecule has 0 unspecified atom stereocenters. The average molecular weight is 261 g/mol. The first kappa shape index (κ1) is 12.6. The zero-order chi connectivity index (χ0) is 13.9. The van der Waals surface area contributed by atoms with Crippen molar-refractivity contribution in [1.82, 2.24) is 4.98 Å². The van der Waals surface area contributed by atoms with E-state index in [4.69, 9.17) is 5.26 Å². The second kappa shape index (κ2) is 5.26. The van der Waals surface area contributed by atoms with E-state index >= 15 is 0 Å². The van der Waals surface area contributed by atoms with Crippen LogP contribution in [0.5, 0.6) is 0 Å². The number of para-hydroxylation sites is 1. The van der Waals surface area contributed by atoms with E-state index in [9.17, 15) is 0 Å². The molecule has 0 saturated carbocycles. The van der Waals surface area contributed by atoms with Crippen molar-refractivity contribution >= 4 is 19.1 Å². The Morgan fingerprint density at radius 3 is 2.65 bits per heavy atom. The number of pyridine rings is 1. The Morgan fingerprint density at radius 1 is 1.20 bits per heavy atom. The van der Waals surface area contributed by atoms with E-state index in [-0.39, 0.29) is 0 Å². The highest BCUT2D eigenvalue weighted by Gasteiger charge is 2.25. The van der Waals surface area contributed by atoms with E-state index in [1.807, 2.05) is 31.2 Å². The summed E-state index contributed by atoms with van der Waals surface area (Å²) in [6.07, 6.45) is 1.63. The fourth-order valence-corrected chi connectivity index (χ4v) is 2.40. The number of anilines is 2. The monoisotopic (exact) mass is 261 g/mol. The van der Waals surface area contributed by atoms with Gasteiger partial charge >= 0.3 is 7.55 Å². The van der Waals surface area contributed by atoms with Gasteiger partial charge in [0.2, 0.25) is 0 Å². The number of nitriles is 1. The molecule has 0 spiro atoms. The Kier molecular flexibility index (Phi) is 3.30. The minimum absolute atomic E-state index is 0.602. The molecule has 2 aromatic rings. The molecule has 3 rings (SSSR count). The van der Waals surface area contributed by atoms with Gasteiger partial charge in [0.25, 0.3) is 0 Å². The molecule has 1 saturated heterocycles. The number of aromatic nitrogens is 1. The van der Waals surface area contributed by atoms with Crippen molar-refractivity contribution in [2.24, 2.45) is 0 Å². The molecule has 1 aliphatic rings. The van der Waals surface area contributed by atoms with Crippen LogP contribution in [0.2, 0.25) is 0 Å². The summed E-state index contributed by atoms with van der Waals surface area (Å²) in [6, 6.07) is 14.3. The lowest BCUT2D eigenvalue weighted by Gasteiger charge is -2.19. The third kappa shape index (κ3) is 2.33. The molecule has 20 heavy (non-hydrogen) atoms. The largest absolute Gasteiger partial charge is 0.397 e. The fourth-order valence-electron chi connectivity index (χ4n) is 2.40. The molecule has 1 aromatic heterocycles. The van der Waals surface area contributed by atoms with E-state index in [0.29, 0.717) is 5.56 Å². The molecule has 2 heterocycles. The van der Waals surface area contributed by atoms with Gasteiger partial charge in [0.15, 0.2) is 0 Å². The van der Waals surface area contributed by atoms with Crippen molar-refractivity contribution in [2.45, 2.75) is 6.92 Å². The van der Waals surface area contributed by atoms with Gasteiger partial charge in [0, 0.05) is 25.0 Å². The molecule has 0 amide bonds. The third-order valence-electron chi connectivity index (χ3n) is 3.40. The number of rotatable bonds is 2. The van der Waals surface area contributed by atoms with Crippen LogP contribution in [0.15, 0.2) is 42.6 Å². The molecule has 4 nitrogen and oxygen atoms in total. The molecular formula is C15H14BN4. The molecule has 1 aromatic carbocycles. The summed E-state index contributed by atoms with van der Waals surface area (Å²) < 4.78 is 0. The number of benzene rings is 1. The summed E-state index contributed by atoms with van der Waals surface area (Å²) in [7, 11) is 2.08. The van der Waals surface area contributed by atoms with Gasteiger partial charge in [0.05, 0.1) is 5.56 Å². The van der Waals surface area contributed by atoms with Crippen LogP contribution >= 0.6 is 0 Å². The van der Waals surface area contributed by atoms with E-state index < -0.39 is 0 Å². The van der Waals surface area contributed by atoms with Crippen molar-refractivity contribution in [1.29, 1.82) is 5.26 Å². The van der Waals surface area contributed by atoms with E-state index in [2.05, 4.69) is 40.4 Å². The Balaban J connectivity index is 1.79. The summed E-state index contributed by atoms with van der Waals surface area (Å²) in [5.41, 5.74) is 2.81. The first-order valence-electron chi connectivity index (χ1n) is 6.58. The second-order valence-electron chi connectivity index (χ2n) is 4.81. The van der Waals surface area contributed by atoms with Crippen LogP contribution in [0.3, 0.4) is 0 Å². The summed E-state index contributed by atoms with van der Waals surface area (Å²) in [4.78, 5) is 8.74. The molecule has 0 atom stereocenters. The van der Waals surface area contributed by atoms with Gasteiger partial charge in [-0.05, 0) is 30.7 Å². The van der Waals surface area contributed by atoms with Gasteiger partial charge in [-0.25, -0.2) is 4.98 Å². The Hall–Kier alpha value is -2.48. The Morgan fingerprint density at radius 2 is 1.95 bits per heavy atom. The highest BCUT2D eigenvalue weighted by molar-refractivity contribution is 6.48. The van der Waals surface area contributed by atoms with Crippen LogP contribution in [-0.2, 0) is 0 Å². The smallest absolute Gasteiger partial charge is 0.392 e. The van der Waals surface area contributed by atoms with Crippen molar-refractivity contribution in [3.8, 4) is 6.07 Å². The summed E-state index contributed by atoms with van der Waals surface area (Å²) in [5, 5.41) is 8.89. The first-order valence-corrected chi connectivity index (χ1v) is 6.58. The minimum atomic E-state index is 0.602. The topological polar surface area (TPSA) is 43.2 Å². The molecular weight excluding hydrogens is 247 g/mol. The van der Waals surface area contributed by atoms with Crippen LogP contribution in [0.4, 0.5) is 11.5 Å². The molecule has 0 aliphatic carbocycles. The van der Waals surface area contributed by atoms with Crippen LogP contribution < -0.4 is 9.62 Å². The highest BCUT2D eigenvalue weighted by atomic mass is 15.3. The van der Waals surface area contributed by atoms with Gasteiger partial charge in [-0.2, -0.15) is 5.26 Å². The van der Waals surface area contributed by atoms with Crippen molar-refractivity contribution in [3.63, 3.8) is 0 Å². The molecule has 1 radical (unpaired) electrons. The van der Waals surface area contributed by atoms with Crippen LogP contribution in [-0.4, -0.2) is 25.6 Å². The molecule has 1 aliphatic heterocycles. The maximum absolute atomic E-state index is 8.89. The standard InChI is InChI=1S/C15H14BN4/c1-12-9-13(10-17)11-18-15(12)20-8-7-19(16-20)14-5-3-2-4-6-14/h2-6,9,11H,7-8H2,1H3. The summed E-state index contributed by atoms with van der Waals surface area (Å²) >= 11 is 0. The fraction of sp³-hybridized carbons (Fsp3) is 0.200. The zero-order valence-corrected chi connectivity index (χ0v) is 11.3. The summed E-state index contributed by atoms with van der Waals surface area (Å²) in [6.45, 7) is 3.82. The molecule has 0 bridgehead atoms. The van der Waals surface area contributed by atoms with Gasteiger partial charge in [-0.15, -0.1) is 0 Å². The number of hydrogen-bond acceptors (Lipinski definition) is 4. The lowest BCUT2D eigenvalue weighted by atomic mass is 10.1. The lowest BCUT2D eigenvalue weighted by molar-refractivity contribution is 0.999. The van der Waals surface area contributed by atoms with E-state index in [0.717, 1.165) is 24.5 Å². The Bertz CT molecular complexity index is 651. The van der Waals surface area contributed by atoms with Crippen molar-refractivity contribution in [3.05, 3.63) is 53.7 Å². The number of hydrogen-bond donors (Lipinski definition) is 0. The van der Waals surface area contributed by atoms with Crippen LogP contribution in [0.25, 0.3) is 0 Å². The van der Waals surface area contributed by atoms with Crippen molar-refractivity contribution in [2.75, 3.05) is 22.7 Å². The lowest BCUT2D eigenvalue weighted by Crippen LogP contribution is -2.30. The van der Waals surface area contributed by atoms with Crippen LogP contribution in [0.1, 0.15) is 11.1 Å². The maximum atomic E-state index is 8.89. The Labute approximate surface area is 119 Å². The van der Waals surface area contributed by atoms with Gasteiger partial charge in [-0.1, -0.05) is 18.2 Å². The van der Waals surface area contributed by atoms with Gasteiger partial charge in [-0.3, -0.25) is 0 Å². The predicted octanol–water partition coefficient (Wildman–Crippen LogP) is 2.12. The maximum Gasteiger partial charge on any atom is 0.392 e. The van der Waals surface area contributed by atoms with Crippen molar-refractivity contribution < 1.29 is 0 Å². The second-order valence-corrected chi connectivity index (χ2v) is 4.81.